The van der Waals surface area contributed by atoms with Crippen LogP contribution in [0.15, 0.2) is 12.1 Å². The van der Waals surface area contributed by atoms with Crippen LogP contribution in [0.25, 0.3) is 0 Å². The first-order valence-electron chi connectivity index (χ1n) is 3.30. The van der Waals surface area contributed by atoms with Crippen molar-refractivity contribution >= 4 is 5.69 Å². The largest absolute Gasteiger partial charge is 0.399 e. The van der Waals surface area contributed by atoms with Crippen molar-refractivity contribution in [2.45, 2.75) is 13.5 Å². The lowest BCUT2D eigenvalue weighted by atomic mass is 10.1. The van der Waals surface area contributed by atoms with E-state index in [0.717, 1.165) is 0 Å². The molecule has 0 fully saturated rings. The molecule has 0 aliphatic carbocycles. The molecule has 1 rings (SSSR count). The number of hydrogen-bond acceptors (Lipinski definition) is 2. The van der Waals surface area contributed by atoms with E-state index in [1.165, 1.54) is 12.1 Å². The van der Waals surface area contributed by atoms with Gasteiger partial charge in [-0.2, -0.15) is 0 Å². The first-order valence-corrected chi connectivity index (χ1v) is 3.30. The molecular formula is C8H10FNO. The van der Waals surface area contributed by atoms with Crippen LogP contribution in [0.4, 0.5) is 10.1 Å². The van der Waals surface area contributed by atoms with E-state index < -0.39 is 5.82 Å². The lowest BCUT2D eigenvalue weighted by Gasteiger charge is -2.03. The van der Waals surface area contributed by atoms with Gasteiger partial charge in [-0.1, -0.05) is 0 Å². The van der Waals surface area contributed by atoms with Crippen LogP contribution in [0.1, 0.15) is 11.1 Å². The maximum atomic E-state index is 12.8. The molecule has 2 nitrogen and oxygen atoms in total. The molecule has 0 heterocycles. The predicted octanol–water partition coefficient (Wildman–Crippen LogP) is 1.21. The zero-order valence-electron chi connectivity index (χ0n) is 6.26. The third kappa shape index (κ3) is 1.49. The molecule has 0 saturated carbocycles. The molecule has 0 aliphatic rings. The molecule has 0 radical (unpaired) electrons. The van der Waals surface area contributed by atoms with Gasteiger partial charge < -0.3 is 10.8 Å². The number of hydrogen-bond donors (Lipinski definition) is 2. The molecular weight excluding hydrogens is 145 g/mol. The molecule has 0 aliphatic heterocycles. The molecule has 3 heteroatoms. The predicted molar refractivity (Wildman–Crippen MR) is 41.5 cm³/mol. The van der Waals surface area contributed by atoms with Crippen molar-refractivity contribution in [2.75, 3.05) is 5.73 Å². The van der Waals surface area contributed by atoms with Crippen LogP contribution in [0.2, 0.25) is 0 Å². The molecule has 3 N–H and O–H groups in total. The van der Waals surface area contributed by atoms with E-state index in [1.807, 2.05) is 0 Å². The maximum Gasteiger partial charge on any atom is 0.129 e. The molecule has 0 spiro atoms. The summed E-state index contributed by atoms with van der Waals surface area (Å²) in [5, 5.41) is 8.64. The highest BCUT2D eigenvalue weighted by Gasteiger charge is 2.03. The van der Waals surface area contributed by atoms with Gasteiger partial charge in [0.15, 0.2) is 0 Å². The Bertz CT molecular complexity index is 273. The van der Waals surface area contributed by atoms with E-state index in [1.54, 1.807) is 6.92 Å². The maximum absolute atomic E-state index is 12.8. The summed E-state index contributed by atoms with van der Waals surface area (Å²) in [7, 11) is 0. The summed E-state index contributed by atoms with van der Waals surface area (Å²) >= 11 is 0. The second-order valence-corrected chi connectivity index (χ2v) is 2.46. The Morgan fingerprint density at radius 3 is 2.73 bits per heavy atom. The van der Waals surface area contributed by atoms with Gasteiger partial charge in [-0.15, -0.1) is 0 Å². The van der Waals surface area contributed by atoms with Crippen LogP contribution in [0.5, 0.6) is 0 Å². The van der Waals surface area contributed by atoms with E-state index in [-0.39, 0.29) is 12.2 Å². The zero-order valence-corrected chi connectivity index (χ0v) is 6.26. The summed E-state index contributed by atoms with van der Waals surface area (Å²) in [4.78, 5) is 0. The van der Waals surface area contributed by atoms with Gasteiger partial charge in [0.1, 0.15) is 5.82 Å². The summed E-state index contributed by atoms with van der Waals surface area (Å²) < 4.78 is 12.8. The smallest absolute Gasteiger partial charge is 0.129 e. The Hall–Kier alpha value is -1.09. The first-order chi connectivity index (χ1) is 5.15. The van der Waals surface area contributed by atoms with Crippen molar-refractivity contribution in [3.05, 3.63) is 29.1 Å². The zero-order chi connectivity index (χ0) is 8.43. The highest BCUT2D eigenvalue weighted by atomic mass is 19.1. The van der Waals surface area contributed by atoms with Gasteiger partial charge in [0.25, 0.3) is 0 Å². The molecule has 0 saturated heterocycles. The van der Waals surface area contributed by atoms with Crippen molar-refractivity contribution in [1.29, 1.82) is 0 Å². The number of benzene rings is 1. The van der Waals surface area contributed by atoms with E-state index in [4.69, 9.17) is 10.8 Å². The van der Waals surface area contributed by atoms with Gasteiger partial charge in [0.05, 0.1) is 6.61 Å². The number of halogens is 1. The third-order valence-corrected chi connectivity index (χ3v) is 1.61. The summed E-state index contributed by atoms with van der Waals surface area (Å²) in [6, 6.07) is 2.77. The molecule has 0 aromatic heterocycles. The van der Waals surface area contributed by atoms with E-state index in [9.17, 15) is 4.39 Å². The summed E-state index contributed by atoms with van der Waals surface area (Å²) in [5.41, 5.74) is 6.93. The van der Waals surface area contributed by atoms with Crippen molar-refractivity contribution in [3.63, 3.8) is 0 Å². The third-order valence-electron chi connectivity index (χ3n) is 1.61. The van der Waals surface area contributed by atoms with Gasteiger partial charge in [-0.3, -0.25) is 0 Å². The number of aryl methyl sites for hydroxylation is 1. The van der Waals surface area contributed by atoms with Gasteiger partial charge in [0, 0.05) is 11.3 Å². The lowest BCUT2D eigenvalue weighted by Crippen LogP contribution is -1.96. The molecule has 0 amide bonds. The molecule has 1 aromatic rings. The Morgan fingerprint density at radius 1 is 1.55 bits per heavy atom. The quantitative estimate of drug-likeness (QED) is 0.599. The summed E-state index contributed by atoms with van der Waals surface area (Å²) in [6.45, 7) is 1.41. The Morgan fingerprint density at radius 2 is 2.18 bits per heavy atom. The van der Waals surface area contributed by atoms with Crippen molar-refractivity contribution in [3.8, 4) is 0 Å². The molecule has 60 valence electrons. The van der Waals surface area contributed by atoms with E-state index in [2.05, 4.69) is 0 Å². The van der Waals surface area contributed by atoms with Crippen molar-refractivity contribution in [1.82, 2.24) is 0 Å². The second kappa shape index (κ2) is 2.88. The standard InChI is InChI=1S/C8H10FNO/c1-5-2-7(9)6(4-11)3-8(5)10/h2-3,11H,4,10H2,1H3. The molecule has 0 bridgehead atoms. The Balaban J connectivity index is 3.21. The van der Waals surface area contributed by atoms with E-state index in [0.29, 0.717) is 11.3 Å². The number of anilines is 1. The van der Waals surface area contributed by atoms with Crippen LogP contribution in [-0.4, -0.2) is 5.11 Å². The van der Waals surface area contributed by atoms with Crippen LogP contribution < -0.4 is 5.73 Å². The van der Waals surface area contributed by atoms with Gasteiger partial charge in [-0.25, -0.2) is 4.39 Å². The molecule has 11 heavy (non-hydrogen) atoms. The van der Waals surface area contributed by atoms with Crippen LogP contribution in [-0.2, 0) is 6.61 Å². The highest BCUT2D eigenvalue weighted by Crippen LogP contribution is 2.16. The number of rotatable bonds is 1. The van der Waals surface area contributed by atoms with Gasteiger partial charge in [-0.05, 0) is 24.6 Å². The number of nitrogen functional groups attached to an aromatic ring is 1. The topological polar surface area (TPSA) is 46.2 Å². The fourth-order valence-electron chi connectivity index (χ4n) is 0.858. The Kier molecular flexibility index (Phi) is 2.10. The number of aliphatic hydroxyl groups is 1. The van der Waals surface area contributed by atoms with Crippen LogP contribution in [0.3, 0.4) is 0 Å². The number of aliphatic hydroxyl groups excluding tert-OH is 1. The van der Waals surface area contributed by atoms with Crippen LogP contribution in [0, 0.1) is 12.7 Å². The lowest BCUT2D eigenvalue weighted by molar-refractivity contribution is 0.276. The van der Waals surface area contributed by atoms with E-state index >= 15 is 0 Å². The average molecular weight is 155 g/mol. The summed E-state index contributed by atoms with van der Waals surface area (Å²) in [6.07, 6.45) is 0. The fraction of sp³-hybridized carbons (Fsp3) is 0.250. The monoisotopic (exact) mass is 155 g/mol. The van der Waals surface area contributed by atoms with Crippen molar-refractivity contribution in [2.24, 2.45) is 0 Å². The Labute approximate surface area is 64.5 Å². The van der Waals surface area contributed by atoms with Gasteiger partial charge >= 0.3 is 0 Å². The van der Waals surface area contributed by atoms with Crippen LogP contribution >= 0.6 is 0 Å². The highest BCUT2D eigenvalue weighted by molar-refractivity contribution is 5.48. The second-order valence-electron chi connectivity index (χ2n) is 2.46. The summed E-state index contributed by atoms with van der Waals surface area (Å²) in [5.74, 6) is -0.404. The normalized spacial score (nSPS) is 10.1. The fourth-order valence-corrected chi connectivity index (χ4v) is 0.858. The first kappa shape index (κ1) is 8.01. The molecule has 1 aromatic carbocycles. The average Bonchev–Trinajstić information content (AvgIpc) is 1.97. The minimum Gasteiger partial charge on any atom is -0.399 e. The minimum absolute atomic E-state index is 0.244. The SMILES string of the molecule is Cc1cc(F)c(CO)cc1N. The van der Waals surface area contributed by atoms with Gasteiger partial charge in [0.2, 0.25) is 0 Å². The van der Waals surface area contributed by atoms with Crippen molar-refractivity contribution < 1.29 is 9.50 Å². The number of nitrogens with two attached hydrogens (primary N) is 1. The molecule has 0 unspecified atom stereocenters. The molecule has 0 atom stereocenters. The minimum atomic E-state index is -0.404.